The molecule has 5 heteroatoms. The molecule has 0 atom stereocenters. The minimum absolute atomic E-state index is 0. The van der Waals surface area contributed by atoms with E-state index < -0.39 is 0 Å². The van der Waals surface area contributed by atoms with Crippen molar-refractivity contribution in [2.45, 2.75) is 0 Å². The predicted octanol–water partition coefficient (Wildman–Crippen LogP) is 2.68. The quantitative estimate of drug-likeness (QED) is 0.702. The molecule has 0 unspecified atom stereocenters. The van der Waals surface area contributed by atoms with Crippen molar-refractivity contribution in [3.05, 3.63) is 35.2 Å². The van der Waals surface area contributed by atoms with Crippen molar-refractivity contribution in [2.24, 2.45) is 0 Å². The fourth-order valence-electron chi connectivity index (χ4n) is 1.40. The molecule has 2 aromatic heterocycles. The average molecular weight is 309 g/mol. The average Bonchev–Trinajstić information content (AvgIpc) is 2.86. The molecule has 3 rings (SSSR count). The zero-order valence-electron chi connectivity index (χ0n) is 7.57. The van der Waals surface area contributed by atoms with E-state index >= 15 is 0 Å². The number of fused-ring (bicyclic) bond motifs is 1. The number of H-pyrrole nitrogens is 1. The molecule has 0 aliphatic carbocycles. The number of rotatable bonds is 1. The summed E-state index contributed by atoms with van der Waals surface area (Å²) in [6, 6.07) is 7.97. The van der Waals surface area contributed by atoms with Crippen LogP contribution < -0.4 is 0 Å². The van der Waals surface area contributed by atoms with Crippen LogP contribution in [0.3, 0.4) is 0 Å². The predicted molar refractivity (Wildman–Crippen MR) is 57.2 cm³/mol. The first-order valence-electron chi connectivity index (χ1n) is 4.27. The van der Waals surface area contributed by atoms with Gasteiger partial charge < -0.3 is 4.98 Å². The molecule has 1 radical (unpaired) electrons. The molecule has 2 heterocycles. The van der Waals surface area contributed by atoms with Gasteiger partial charge in [-0.15, -0.1) is 11.3 Å². The zero-order valence-corrected chi connectivity index (χ0v) is 9.87. The largest absolute Gasteiger partial charge is 0.337 e. The van der Waals surface area contributed by atoms with Gasteiger partial charge in [0, 0.05) is 27.8 Å². The number of nitrogens with one attached hydrogen (secondary N) is 1. The van der Waals surface area contributed by atoms with Crippen molar-refractivity contribution in [3.8, 4) is 11.5 Å². The van der Waals surface area contributed by atoms with Crippen molar-refractivity contribution in [1.29, 1.82) is 0 Å². The number of aromatic nitrogens is 3. The molecule has 0 bridgehead atoms. The molecule has 79 valence electrons. The molecule has 0 spiro atoms. The van der Waals surface area contributed by atoms with Crippen LogP contribution in [-0.4, -0.2) is 15.0 Å². The van der Waals surface area contributed by atoms with Crippen LogP contribution in [0.2, 0.25) is 0 Å². The van der Waals surface area contributed by atoms with Gasteiger partial charge in [0.1, 0.15) is 5.69 Å². The molecular formula is C10H7AgN3S. The number of benzene rings is 1. The van der Waals surface area contributed by atoms with Crippen LogP contribution in [0.4, 0.5) is 0 Å². The summed E-state index contributed by atoms with van der Waals surface area (Å²) in [7, 11) is 0. The van der Waals surface area contributed by atoms with Crippen molar-refractivity contribution < 1.29 is 22.4 Å². The Morgan fingerprint density at radius 1 is 1.20 bits per heavy atom. The van der Waals surface area contributed by atoms with Crippen LogP contribution in [-0.2, 0) is 22.4 Å². The Hall–Kier alpha value is -0.940. The first-order valence-corrected chi connectivity index (χ1v) is 5.21. The number of aromatic amines is 1. The van der Waals surface area contributed by atoms with Gasteiger partial charge in [-0.05, 0) is 12.1 Å². The molecule has 0 saturated carbocycles. The molecule has 1 N–H and O–H groups in total. The number of hydrogen-bond donors (Lipinski definition) is 1. The molecule has 0 aliphatic rings. The molecule has 3 nitrogen and oxygen atoms in total. The fourth-order valence-corrected chi connectivity index (χ4v) is 1.94. The Morgan fingerprint density at radius 2 is 2.07 bits per heavy atom. The summed E-state index contributed by atoms with van der Waals surface area (Å²) in [5, 5.41) is 1.98. The van der Waals surface area contributed by atoms with Crippen LogP contribution in [0.15, 0.2) is 35.2 Å². The van der Waals surface area contributed by atoms with Crippen LogP contribution in [0.1, 0.15) is 0 Å². The summed E-state index contributed by atoms with van der Waals surface area (Å²) in [6.07, 6.45) is 0. The first kappa shape index (κ1) is 10.6. The SMILES string of the molecule is [Ag].c1ccc2[nH]c(-c3cscn3)nc2c1. The van der Waals surface area contributed by atoms with Gasteiger partial charge in [0.15, 0.2) is 5.82 Å². The summed E-state index contributed by atoms with van der Waals surface area (Å²) in [5.74, 6) is 0.840. The van der Waals surface area contributed by atoms with E-state index in [1.807, 2.05) is 35.2 Å². The molecule has 0 amide bonds. The van der Waals surface area contributed by atoms with Gasteiger partial charge in [0.25, 0.3) is 0 Å². The maximum Gasteiger partial charge on any atom is 0.158 e. The first-order chi connectivity index (χ1) is 6.93. The van der Waals surface area contributed by atoms with E-state index in [0.717, 1.165) is 22.6 Å². The minimum atomic E-state index is 0. The number of hydrogen-bond acceptors (Lipinski definition) is 3. The molecule has 1 aromatic carbocycles. The molecule has 3 aromatic rings. The van der Waals surface area contributed by atoms with Gasteiger partial charge >= 0.3 is 0 Å². The van der Waals surface area contributed by atoms with E-state index in [4.69, 9.17) is 0 Å². The normalized spacial score (nSPS) is 10.1. The maximum absolute atomic E-state index is 4.44. The third-order valence-corrected chi connectivity index (χ3v) is 2.65. The smallest absolute Gasteiger partial charge is 0.158 e. The minimum Gasteiger partial charge on any atom is -0.337 e. The monoisotopic (exact) mass is 308 g/mol. The molecule has 0 aliphatic heterocycles. The van der Waals surface area contributed by atoms with E-state index in [1.54, 1.807) is 11.3 Å². The second-order valence-electron chi connectivity index (χ2n) is 2.98. The third-order valence-electron chi connectivity index (χ3n) is 2.06. The van der Waals surface area contributed by atoms with E-state index in [0.29, 0.717) is 0 Å². The number of para-hydroxylation sites is 2. The summed E-state index contributed by atoms with van der Waals surface area (Å²) in [6.45, 7) is 0. The van der Waals surface area contributed by atoms with Gasteiger partial charge in [0.2, 0.25) is 0 Å². The van der Waals surface area contributed by atoms with Gasteiger partial charge in [0.05, 0.1) is 16.5 Å². The Bertz CT molecular complexity index is 526. The van der Waals surface area contributed by atoms with Gasteiger partial charge in [-0.3, -0.25) is 0 Å². The third kappa shape index (κ3) is 1.89. The van der Waals surface area contributed by atoms with Crippen LogP contribution in [0, 0.1) is 0 Å². The second kappa shape index (κ2) is 4.28. The van der Waals surface area contributed by atoms with Gasteiger partial charge in [-0.2, -0.15) is 0 Å². The number of thiazole rings is 1. The Balaban J connectivity index is 0.000000853. The van der Waals surface area contributed by atoms with Crippen LogP contribution in [0.5, 0.6) is 0 Å². The van der Waals surface area contributed by atoms with Crippen molar-refractivity contribution in [3.63, 3.8) is 0 Å². The van der Waals surface area contributed by atoms with Gasteiger partial charge in [-0.25, -0.2) is 9.97 Å². The Labute approximate surface area is 106 Å². The molecule has 0 saturated heterocycles. The summed E-state index contributed by atoms with van der Waals surface area (Å²) >= 11 is 1.57. The fraction of sp³-hybridized carbons (Fsp3) is 0. The molecular weight excluding hydrogens is 302 g/mol. The van der Waals surface area contributed by atoms with Crippen molar-refractivity contribution in [2.75, 3.05) is 0 Å². The number of imidazole rings is 1. The summed E-state index contributed by atoms with van der Waals surface area (Å²) in [5.41, 5.74) is 4.75. The van der Waals surface area contributed by atoms with E-state index in [-0.39, 0.29) is 22.4 Å². The van der Waals surface area contributed by atoms with E-state index in [2.05, 4.69) is 15.0 Å². The molecule has 15 heavy (non-hydrogen) atoms. The van der Waals surface area contributed by atoms with Crippen molar-refractivity contribution >= 4 is 22.4 Å². The van der Waals surface area contributed by atoms with Crippen molar-refractivity contribution in [1.82, 2.24) is 15.0 Å². The Morgan fingerprint density at radius 3 is 2.80 bits per heavy atom. The van der Waals surface area contributed by atoms with Gasteiger partial charge in [-0.1, -0.05) is 12.1 Å². The van der Waals surface area contributed by atoms with E-state index in [9.17, 15) is 0 Å². The summed E-state index contributed by atoms with van der Waals surface area (Å²) in [4.78, 5) is 11.9. The number of nitrogens with zero attached hydrogens (tertiary/aromatic N) is 2. The van der Waals surface area contributed by atoms with Crippen LogP contribution in [0.25, 0.3) is 22.6 Å². The maximum atomic E-state index is 4.44. The zero-order chi connectivity index (χ0) is 9.38. The standard InChI is InChI=1S/C10H7N3S.Ag/c1-2-4-8-7(3-1)12-10(13-8)9-5-14-6-11-9;/h1-6H,(H,12,13);. The second-order valence-corrected chi connectivity index (χ2v) is 3.69. The Kier molecular flexibility index (Phi) is 3.02. The van der Waals surface area contributed by atoms with Crippen LogP contribution >= 0.6 is 11.3 Å². The van der Waals surface area contributed by atoms with E-state index in [1.165, 1.54) is 0 Å². The molecule has 0 fully saturated rings. The summed E-state index contributed by atoms with van der Waals surface area (Å²) < 4.78 is 0. The topological polar surface area (TPSA) is 41.6 Å².